The minimum absolute atomic E-state index is 0.126. The summed E-state index contributed by atoms with van der Waals surface area (Å²) >= 11 is 1.62. The molecule has 2 aromatic heterocycles. The topological polar surface area (TPSA) is 51.1 Å². The molecule has 0 unspecified atom stereocenters. The minimum atomic E-state index is -0.406. The van der Waals surface area contributed by atoms with Crippen LogP contribution >= 0.6 is 11.3 Å². The largest absolute Gasteiger partial charge is 0.322 e. The van der Waals surface area contributed by atoms with Gasteiger partial charge in [-0.3, -0.25) is 9.59 Å². The van der Waals surface area contributed by atoms with Gasteiger partial charge in [0.05, 0.1) is 6.54 Å². The fourth-order valence-electron chi connectivity index (χ4n) is 3.25. The van der Waals surface area contributed by atoms with Crippen molar-refractivity contribution >= 4 is 22.9 Å². The van der Waals surface area contributed by atoms with Crippen LogP contribution in [0.5, 0.6) is 0 Å². The number of aryl methyl sites for hydroxylation is 1. The molecule has 4 aromatic rings. The zero-order valence-electron chi connectivity index (χ0n) is 16.0. The van der Waals surface area contributed by atoms with Crippen molar-refractivity contribution in [1.82, 2.24) is 4.57 Å². The lowest BCUT2D eigenvalue weighted by molar-refractivity contribution is 0.102. The number of amides is 1. The third-order valence-corrected chi connectivity index (χ3v) is 5.36. The van der Waals surface area contributed by atoms with Gasteiger partial charge in [-0.2, -0.15) is 11.3 Å². The second-order valence-corrected chi connectivity index (χ2v) is 7.67. The summed E-state index contributed by atoms with van der Waals surface area (Å²) in [7, 11) is 0. The fraction of sp³-hybridized carbons (Fsp3) is 0.0833. The number of hydrogen-bond acceptors (Lipinski definition) is 3. The van der Waals surface area contributed by atoms with E-state index in [0.717, 1.165) is 22.3 Å². The Bertz CT molecular complexity index is 1210. The molecule has 0 saturated heterocycles. The Labute approximate surface area is 173 Å². The molecule has 5 heteroatoms. The number of pyridine rings is 1. The highest BCUT2D eigenvalue weighted by Crippen LogP contribution is 2.24. The molecule has 0 saturated carbocycles. The first-order chi connectivity index (χ1) is 14.1. The van der Waals surface area contributed by atoms with Crippen LogP contribution in [0, 0.1) is 6.92 Å². The smallest absolute Gasteiger partial charge is 0.263 e. The zero-order chi connectivity index (χ0) is 20.2. The molecule has 0 aliphatic heterocycles. The zero-order valence-corrected chi connectivity index (χ0v) is 16.8. The van der Waals surface area contributed by atoms with Crippen LogP contribution in [0.25, 0.3) is 11.1 Å². The summed E-state index contributed by atoms with van der Waals surface area (Å²) in [6, 6.07) is 20.9. The van der Waals surface area contributed by atoms with Gasteiger partial charge in [0.1, 0.15) is 5.56 Å². The van der Waals surface area contributed by atoms with Crippen molar-refractivity contribution in [3.63, 3.8) is 0 Å². The van der Waals surface area contributed by atoms with Crippen LogP contribution in [0.1, 0.15) is 21.5 Å². The van der Waals surface area contributed by atoms with Crippen LogP contribution < -0.4 is 10.9 Å². The molecule has 1 amide bonds. The van der Waals surface area contributed by atoms with Gasteiger partial charge in [0.15, 0.2) is 0 Å². The lowest BCUT2D eigenvalue weighted by Crippen LogP contribution is -2.29. The Kier molecular flexibility index (Phi) is 5.40. The molecule has 0 atom stereocenters. The van der Waals surface area contributed by atoms with Crippen molar-refractivity contribution in [3.05, 3.63) is 111 Å². The second-order valence-electron chi connectivity index (χ2n) is 6.89. The number of nitrogens with one attached hydrogen (secondary N) is 1. The highest BCUT2D eigenvalue weighted by Gasteiger charge is 2.13. The normalized spacial score (nSPS) is 10.7. The van der Waals surface area contributed by atoms with E-state index in [1.165, 1.54) is 0 Å². The average Bonchev–Trinajstić information content (AvgIpc) is 3.25. The first-order valence-corrected chi connectivity index (χ1v) is 10.2. The Hall–Kier alpha value is -3.44. The van der Waals surface area contributed by atoms with E-state index in [2.05, 4.69) is 10.7 Å². The first-order valence-electron chi connectivity index (χ1n) is 9.29. The van der Waals surface area contributed by atoms with Gasteiger partial charge in [-0.15, -0.1) is 0 Å². The van der Waals surface area contributed by atoms with Gasteiger partial charge in [-0.1, -0.05) is 42.0 Å². The molecule has 0 aliphatic carbocycles. The van der Waals surface area contributed by atoms with E-state index in [9.17, 15) is 9.59 Å². The Balaban J connectivity index is 1.57. The molecule has 29 heavy (non-hydrogen) atoms. The summed E-state index contributed by atoms with van der Waals surface area (Å²) in [5.41, 5.74) is 4.76. The van der Waals surface area contributed by atoms with Crippen molar-refractivity contribution in [2.45, 2.75) is 13.5 Å². The number of aromatic nitrogens is 1. The maximum atomic E-state index is 12.8. The van der Waals surface area contributed by atoms with E-state index in [0.29, 0.717) is 12.2 Å². The third-order valence-electron chi connectivity index (χ3n) is 4.68. The van der Waals surface area contributed by atoms with E-state index < -0.39 is 5.91 Å². The Morgan fingerprint density at radius 2 is 1.86 bits per heavy atom. The third kappa shape index (κ3) is 4.36. The van der Waals surface area contributed by atoms with Crippen LogP contribution in [0.15, 0.2) is 88.5 Å². The van der Waals surface area contributed by atoms with Gasteiger partial charge < -0.3 is 9.88 Å². The highest BCUT2D eigenvalue weighted by molar-refractivity contribution is 7.08. The first kappa shape index (κ1) is 18.9. The predicted molar refractivity (Wildman–Crippen MR) is 119 cm³/mol. The van der Waals surface area contributed by atoms with Crippen molar-refractivity contribution in [2.75, 3.05) is 5.32 Å². The fourth-order valence-corrected chi connectivity index (χ4v) is 3.91. The molecule has 4 rings (SSSR count). The number of thiophene rings is 1. The highest BCUT2D eigenvalue weighted by atomic mass is 32.1. The van der Waals surface area contributed by atoms with Gasteiger partial charge in [-0.05, 0) is 64.7 Å². The van der Waals surface area contributed by atoms with E-state index >= 15 is 0 Å². The molecular formula is C24H20N2O2S. The van der Waals surface area contributed by atoms with Crippen molar-refractivity contribution in [3.8, 4) is 11.1 Å². The maximum Gasteiger partial charge on any atom is 0.263 e. The average molecular weight is 401 g/mol. The molecule has 4 nitrogen and oxygen atoms in total. The predicted octanol–water partition coefficient (Wildman–Crippen LogP) is 5.19. The number of rotatable bonds is 5. The van der Waals surface area contributed by atoms with Crippen molar-refractivity contribution < 1.29 is 4.79 Å². The lowest BCUT2D eigenvalue weighted by Gasteiger charge is -2.10. The summed E-state index contributed by atoms with van der Waals surface area (Å²) in [6.07, 6.45) is 1.71. The number of benzene rings is 2. The monoisotopic (exact) mass is 400 g/mol. The van der Waals surface area contributed by atoms with Crippen LogP contribution in [-0.4, -0.2) is 10.5 Å². The van der Waals surface area contributed by atoms with Crippen LogP contribution in [0.4, 0.5) is 5.69 Å². The quantitative estimate of drug-likeness (QED) is 0.501. The maximum absolute atomic E-state index is 12.8. The van der Waals surface area contributed by atoms with Crippen molar-refractivity contribution in [2.24, 2.45) is 0 Å². The summed E-state index contributed by atoms with van der Waals surface area (Å²) in [5, 5.41) is 6.93. The van der Waals surface area contributed by atoms with Crippen LogP contribution in [0.2, 0.25) is 0 Å². The summed E-state index contributed by atoms with van der Waals surface area (Å²) in [4.78, 5) is 25.6. The number of nitrogens with zero attached hydrogens (tertiary/aromatic N) is 1. The lowest BCUT2D eigenvalue weighted by atomic mass is 10.1. The summed E-state index contributed by atoms with van der Waals surface area (Å²) in [6.45, 7) is 2.44. The molecule has 0 aliphatic rings. The van der Waals surface area contributed by atoms with E-state index in [1.807, 2.05) is 66.9 Å². The number of hydrogen-bond donors (Lipinski definition) is 1. The SMILES string of the molecule is Cc1cccc(Cn2cccc(C(=O)Nc3cccc(-c4ccsc4)c3)c2=O)c1. The van der Waals surface area contributed by atoms with Crippen LogP contribution in [0.3, 0.4) is 0 Å². The Morgan fingerprint density at radius 1 is 1.00 bits per heavy atom. The van der Waals surface area contributed by atoms with Gasteiger partial charge in [0, 0.05) is 11.9 Å². The molecule has 0 bridgehead atoms. The number of anilines is 1. The van der Waals surface area contributed by atoms with Gasteiger partial charge in [0.2, 0.25) is 0 Å². The van der Waals surface area contributed by atoms with E-state index in [4.69, 9.17) is 0 Å². The molecule has 0 radical (unpaired) electrons. The molecular weight excluding hydrogens is 380 g/mol. The molecule has 144 valence electrons. The summed E-state index contributed by atoms with van der Waals surface area (Å²) < 4.78 is 1.56. The standard InChI is InChI=1S/C24H20N2O2S/c1-17-5-2-6-18(13-17)15-26-11-4-9-22(24(26)28)23(27)25-21-8-3-7-19(14-21)20-10-12-29-16-20/h2-14,16H,15H2,1H3,(H,25,27). The number of carbonyl (C=O) groups excluding carboxylic acids is 1. The molecule has 0 spiro atoms. The molecule has 1 N–H and O–H groups in total. The van der Waals surface area contributed by atoms with Crippen molar-refractivity contribution in [1.29, 1.82) is 0 Å². The van der Waals surface area contributed by atoms with Crippen LogP contribution in [-0.2, 0) is 6.54 Å². The molecule has 0 fully saturated rings. The molecule has 2 heterocycles. The van der Waals surface area contributed by atoms with Gasteiger partial charge in [0.25, 0.3) is 11.5 Å². The Morgan fingerprint density at radius 3 is 2.66 bits per heavy atom. The van der Waals surface area contributed by atoms with E-state index in [1.54, 1.807) is 34.2 Å². The second kappa shape index (κ2) is 8.29. The van der Waals surface area contributed by atoms with Gasteiger partial charge >= 0.3 is 0 Å². The number of carbonyl (C=O) groups is 1. The minimum Gasteiger partial charge on any atom is -0.322 e. The van der Waals surface area contributed by atoms with Gasteiger partial charge in [-0.25, -0.2) is 0 Å². The van der Waals surface area contributed by atoms with E-state index in [-0.39, 0.29) is 11.1 Å². The molecule has 2 aromatic carbocycles. The summed E-state index contributed by atoms with van der Waals surface area (Å²) in [5.74, 6) is -0.406.